The first-order chi connectivity index (χ1) is 8.05. The van der Waals surface area contributed by atoms with Gasteiger partial charge in [-0.1, -0.05) is 5.16 Å². The van der Waals surface area contributed by atoms with E-state index in [0.29, 0.717) is 0 Å². The SMILES string of the molecule is CC(C)(NC(=O)C(F)(F)F)c1nocc1C(=O)O. The van der Waals surface area contributed by atoms with Gasteiger partial charge in [-0.25, -0.2) is 4.79 Å². The molecule has 0 saturated heterocycles. The molecule has 0 atom stereocenters. The standard InChI is InChI=1S/C9H9F3N2O4/c1-8(2,13-7(17)9(10,11)12)5-4(6(15)16)3-18-14-5/h3H,1-2H3,(H,13,17)(H,15,16). The van der Waals surface area contributed by atoms with Gasteiger partial charge in [0.2, 0.25) is 0 Å². The molecule has 0 saturated carbocycles. The molecule has 0 aromatic carbocycles. The third-order valence-electron chi connectivity index (χ3n) is 2.08. The molecular formula is C9H9F3N2O4. The van der Waals surface area contributed by atoms with Crippen molar-refractivity contribution < 1.29 is 32.4 Å². The average Bonchev–Trinajstić information content (AvgIpc) is 2.63. The van der Waals surface area contributed by atoms with E-state index in [9.17, 15) is 22.8 Å². The topological polar surface area (TPSA) is 92.4 Å². The Morgan fingerprint density at radius 2 is 1.94 bits per heavy atom. The van der Waals surface area contributed by atoms with Crippen LogP contribution in [0.1, 0.15) is 29.9 Å². The summed E-state index contributed by atoms with van der Waals surface area (Å²) in [5.74, 6) is -3.60. The fourth-order valence-electron chi connectivity index (χ4n) is 1.25. The predicted molar refractivity (Wildman–Crippen MR) is 50.7 cm³/mol. The highest BCUT2D eigenvalue weighted by molar-refractivity contribution is 5.89. The molecule has 1 heterocycles. The molecular weight excluding hydrogens is 257 g/mol. The summed E-state index contributed by atoms with van der Waals surface area (Å²) in [6.07, 6.45) is -4.29. The number of carbonyl (C=O) groups excluding carboxylic acids is 1. The van der Waals surface area contributed by atoms with E-state index in [1.165, 1.54) is 13.8 Å². The number of hydrogen-bond acceptors (Lipinski definition) is 4. The van der Waals surface area contributed by atoms with Gasteiger partial charge in [-0.05, 0) is 13.8 Å². The highest BCUT2D eigenvalue weighted by Crippen LogP contribution is 2.25. The third-order valence-corrected chi connectivity index (χ3v) is 2.08. The first kappa shape index (κ1) is 14.0. The van der Waals surface area contributed by atoms with Crippen LogP contribution in [0, 0.1) is 0 Å². The van der Waals surface area contributed by atoms with Gasteiger partial charge in [-0.2, -0.15) is 13.2 Å². The van der Waals surface area contributed by atoms with Gasteiger partial charge in [0.15, 0.2) is 0 Å². The Balaban J connectivity index is 3.03. The van der Waals surface area contributed by atoms with Crippen molar-refractivity contribution in [3.63, 3.8) is 0 Å². The lowest BCUT2D eigenvalue weighted by molar-refractivity contribution is -0.175. The zero-order valence-electron chi connectivity index (χ0n) is 9.33. The molecule has 0 aliphatic heterocycles. The maximum Gasteiger partial charge on any atom is 0.471 e. The van der Waals surface area contributed by atoms with Crippen LogP contribution in [-0.4, -0.2) is 28.3 Å². The Labute approximate surface area is 98.8 Å². The number of rotatable bonds is 3. The Morgan fingerprint density at radius 1 is 1.39 bits per heavy atom. The summed E-state index contributed by atoms with van der Waals surface area (Å²) in [7, 11) is 0. The smallest absolute Gasteiger partial charge is 0.471 e. The molecule has 100 valence electrons. The molecule has 1 aromatic rings. The highest BCUT2D eigenvalue weighted by atomic mass is 19.4. The number of aromatic carboxylic acids is 1. The van der Waals surface area contributed by atoms with Crippen molar-refractivity contribution in [2.45, 2.75) is 25.6 Å². The second-order valence-corrected chi connectivity index (χ2v) is 3.96. The number of nitrogens with one attached hydrogen (secondary N) is 1. The summed E-state index contributed by atoms with van der Waals surface area (Å²) in [4.78, 5) is 21.6. The van der Waals surface area contributed by atoms with Gasteiger partial charge in [-0.3, -0.25) is 4.79 Å². The lowest BCUT2D eigenvalue weighted by atomic mass is 9.97. The van der Waals surface area contributed by atoms with Crippen molar-refractivity contribution in [2.24, 2.45) is 0 Å². The number of carboxylic acid groups (broad SMARTS) is 1. The van der Waals surface area contributed by atoms with Gasteiger partial charge in [0.25, 0.3) is 0 Å². The minimum Gasteiger partial charge on any atom is -0.478 e. The Hall–Kier alpha value is -2.06. The first-order valence-electron chi connectivity index (χ1n) is 4.63. The second-order valence-electron chi connectivity index (χ2n) is 3.96. The van der Waals surface area contributed by atoms with Crippen molar-refractivity contribution in [1.82, 2.24) is 10.5 Å². The summed E-state index contributed by atoms with van der Waals surface area (Å²) < 4.78 is 40.7. The Kier molecular flexibility index (Phi) is 3.36. The number of amides is 1. The van der Waals surface area contributed by atoms with E-state index >= 15 is 0 Å². The molecule has 2 N–H and O–H groups in total. The van der Waals surface area contributed by atoms with Gasteiger partial charge < -0.3 is 14.9 Å². The maximum atomic E-state index is 12.1. The molecule has 18 heavy (non-hydrogen) atoms. The Bertz CT molecular complexity index is 478. The molecule has 6 nitrogen and oxygen atoms in total. The van der Waals surface area contributed by atoms with Gasteiger partial charge in [0, 0.05) is 0 Å². The van der Waals surface area contributed by atoms with Crippen LogP contribution < -0.4 is 5.32 Å². The van der Waals surface area contributed by atoms with E-state index < -0.39 is 29.2 Å². The lowest BCUT2D eigenvalue weighted by Crippen LogP contribution is -2.48. The van der Waals surface area contributed by atoms with E-state index in [0.717, 1.165) is 6.26 Å². The van der Waals surface area contributed by atoms with E-state index in [-0.39, 0.29) is 5.69 Å². The molecule has 0 radical (unpaired) electrons. The number of carboxylic acids is 1. The fraction of sp³-hybridized carbons (Fsp3) is 0.444. The van der Waals surface area contributed by atoms with E-state index in [1.807, 2.05) is 0 Å². The van der Waals surface area contributed by atoms with Gasteiger partial charge in [0.1, 0.15) is 17.5 Å². The van der Waals surface area contributed by atoms with Crippen LogP contribution in [0.15, 0.2) is 10.8 Å². The van der Waals surface area contributed by atoms with Gasteiger partial charge in [0.05, 0.1) is 5.54 Å². The summed E-state index contributed by atoms with van der Waals surface area (Å²) in [6.45, 7) is 2.36. The summed E-state index contributed by atoms with van der Waals surface area (Å²) in [6, 6.07) is 0. The van der Waals surface area contributed by atoms with Gasteiger partial charge in [-0.15, -0.1) is 0 Å². The van der Waals surface area contributed by atoms with Crippen molar-refractivity contribution in [1.29, 1.82) is 0 Å². The number of aromatic nitrogens is 1. The van der Waals surface area contributed by atoms with Crippen LogP contribution in [0.2, 0.25) is 0 Å². The fourth-order valence-corrected chi connectivity index (χ4v) is 1.25. The van der Waals surface area contributed by atoms with E-state index in [1.54, 1.807) is 5.32 Å². The molecule has 1 rings (SSSR count). The second kappa shape index (κ2) is 4.31. The molecule has 0 aliphatic carbocycles. The molecule has 0 unspecified atom stereocenters. The van der Waals surface area contributed by atoms with Crippen LogP contribution >= 0.6 is 0 Å². The zero-order chi connectivity index (χ0) is 14.1. The van der Waals surface area contributed by atoms with Crippen LogP contribution in [0.4, 0.5) is 13.2 Å². The Morgan fingerprint density at radius 3 is 2.39 bits per heavy atom. The predicted octanol–water partition coefficient (Wildman–Crippen LogP) is 1.29. The largest absolute Gasteiger partial charge is 0.478 e. The number of carbonyl (C=O) groups is 2. The number of alkyl halides is 3. The average molecular weight is 266 g/mol. The molecule has 1 amide bonds. The highest BCUT2D eigenvalue weighted by Gasteiger charge is 2.43. The lowest BCUT2D eigenvalue weighted by Gasteiger charge is -2.24. The summed E-state index contributed by atoms with van der Waals surface area (Å²) in [5, 5.41) is 13.7. The van der Waals surface area contributed by atoms with Crippen molar-refractivity contribution in [3.05, 3.63) is 17.5 Å². The zero-order valence-corrected chi connectivity index (χ0v) is 9.33. The van der Waals surface area contributed by atoms with E-state index in [4.69, 9.17) is 5.11 Å². The summed E-state index contributed by atoms with van der Waals surface area (Å²) in [5.41, 5.74) is -2.34. The minimum atomic E-state index is -5.07. The first-order valence-corrected chi connectivity index (χ1v) is 4.63. The van der Waals surface area contributed by atoms with E-state index in [2.05, 4.69) is 9.68 Å². The summed E-state index contributed by atoms with van der Waals surface area (Å²) >= 11 is 0. The maximum absolute atomic E-state index is 12.1. The van der Waals surface area contributed by atoms with Gasteiger partial charge >= 0.3 is 18.1 Å². The van der Waals surface area contributed by atoms with Crippen LogP contribution in [0.5, 0.6) is 0 Å². The third kappa shape index (κ3) is 2.79. The number of nitrogens with zero attached hydrogens (tertiary/aromatic N) is 1. The number of halogens is 3. The molecule has 0 spiro atoms. The normalized spacial score (nSPS) is 12.3. The van der Waals surface area contributed by atoms with Crippen molar-refractivity contribution in [3.8, 4) is 0 Å². The molecule has 1 aromatic heterocycles. The van der Waals surface area contributed by atoms with Crippen LogP contribution in [0.25, 0.3) is 0 Å². The molecule has 9 heteroatoms. The minimum absolute atomic E-state index is 0.299. The molecule has 0 aliphatic rings. The quantitative estimate of drug-likeness (QED) is 0.859. The monoisotopic (exact) mass is 266 g/mol. The van der Waals surface area contributed by atoms with Crippen molar-refractivity contribution >= 4 is 11.9 Å². The van der Waals surface area contributed by atoms with Crippen LogP contribution in [0.3, 0.4) is 0 Å². The van der Waals surface area contributed by atoms with Crippen molar-refractivity contribution in [2.75, 3.05) is 0 Å². The van der Waals surface area contributed by atoms with Crippen LogP contribution in [-0.2, 0) is 10.3 Å². The molecule has 0 bridgehead atoms. The number of hydrogen-bond donors (Lipinski definition) is 2. The molecule has 0 fully saturated rings.